The smallest absolute Gasteiger partial charge is 0.228 e. The second-order valence-corrected chi connectivity index (χ2v) is 2.27. The summed E-state index contributed by atoms with van der Waals surface area (Å²) in [6.45, 7) is 0.597. The molecule has 0 aromatic carbocycles. The number of hydrogen-bond donors (Lipinski definition) is 0. The highest BCUT2D eigenvalue weighted by Crippen LogP contribution is 2.13. The topological polar surface area (TPSA) is 26.3 Å². The summed E-state index contributed by atoms with van der Waals surface area (Å²) >= 11 is 5.21. The van der Waals surface area contributed by atoms with Crippen LogP contribution >= 0.6 is 11.6 Å². The second kappa shape index (κ2) is 2.87. The molecule has 1 aliphatic rings. The fraction of sp³-hybridized carbons (Fsp3) is 0.500. The van der Waals surface area contributed by atoms with Crippen molar-refractivity contribution in [1.29, 1.82) is 0 Å². The Morgan fingerprint density at radius 3 is 2.89 bits per heavy atom. The van der Waals surface area contributed by atoms with Crippen molar-refractivity contribution in [2.45, 2.75) is 6.42 Å². The summed E-state index contributed by atoms with van der Waals surface area (Å²) in [7, 11) is 0. The summed E-state index contributed by atoms with van der Waals surface area (Å²) in [6, 6.07) is 0. The molecule has 50 valence electrons. The van der Waals surface area contributed by atoms with Gasteiger partial charge in [-0.25, -0.2) is 0 Å². The first-order valence-corrected chi connectivity index (χ1v) is 3.16. The molecule has 2 nitrogen and oxygen atoms in total. The van der Waals surface area contributed by atoms with E-state index >= 15 is 0 Å². The van der Waals surface area contributed by atoms with Gasteiger partial charge in [-0.2, -0.15) is 0 Å². The van der Waals surface area contributed by atoms with E-state index in [1.165, 1.54) is 6.26 Å². The Hall–Kier alpha value is -0.500. The first kappa shape index (κ1) is 6.62. The minimum atomic E-state index is -0.297. The molecule has 0 saturated carbocycles. The molecule has 0 spiro atoms. The molecule has 1 atom stereocenters. The Kier molecular flexibility index (Phi) is 2.11. The Bertz CT molecular complexity index is 142. The van der Waals surface area contributed by atoms with Gasteiger partial charge in [0.15, 0.2) is 0 Å². The summed E-state index contributed by atoms with van der Waals surface area (Å²) in [4.78, 5) is 10.5. The number of allylic oxidation sites excluding steroid dienone is 1. The summed E-state index contributed by atoms with van der Waals surface area (Å²) < 4.78 is 4.86. The van der Waals surface area contributed by atoms with Crippen LogP contribution < -0.4 is 0 Å². The van der Waals surface area contributed by atoms with Crippen molar-refractivity contribution in [3.05, 3.63) is 12.3 Å². The van der Waals surface area contributed by atoms with Crippen LogP contribution in [-0.2, 0) is 9.53 Å². The van der Waals surface area contributed by atoms with Crippen molar-refractivity contribution in [1.82, 2.24) is 0 Å². The van der Waals surface area contributed by atoms with Gasteiger partial charge in [0.05, 0.1) is 18.8 Å². The number of hydrogen-bond acceptors (Lipinski definition) is 2. The van der Waals surface area contributed by atoms with E-state index in [4.69, 9.17) is 16.3 Å². The molecule has 0 aromatic rings. The van der Waals surface area contributed by atoms with Crippen molar-refractivity contribution in [3.8, 4) is 0 Å². The van der Waals surface area contributed by atoms with Crippen LogP contribution in [0.15, 0.2) is 12.3 Å². The lowest BCUT2D eigenvalue weighted by Gasteiger charge is -2.11. The maximum Gasteiger partial charge on any atom is 0.228 e. The number of carbonyl (C=O) groups is 1. The number of halogens is 1. The zero-order valence-corrected chi connectivity index (χ0v) is 5.60. The molecule has 9 heavy (non-hydrogen) atoms. The number of carbonyl (C=O) groups excluding carboxylic acids is 1. The highest BCUT2D eigenvalue weighted by molar-refractivity contribution is 6.64. The van der Waals surface area contributed by atoms with E-state index in [1.807, 2.05) is 0 Å². The maximum atomic E-state index is 10.5. The van der Waals surface area contributed by atoms with Crippen molar-refractivity contribution in [2.75, 3.05) is 6.61 Å². The van der Waals surface area contributed by atoms with Gasteiger partial charge in [0.25, 0.3) is 0 Å². The molecule has 0 aromatic heterocycles. The van der Waals surface area contributed by atoms with E-state index in [0.717, 1.165) is 0 Å². The monoisotopic (exact) mass is 146 g/mol. The molecule has 0 bridgehead atoms. The first-order chi connectivity index (χ1) is 4.30. The zero-order chi connectivity index (χ0) is 6.69. The van der Waals surface area contributed by atoms with Gasteiger partial charge in [-0.05, 0) is 24.1 Å². The molecule has 0 aliphatic carbocycles. The lowest BCUT2D eigenvalue weighted by atomic mass is 10.1. The molecule has 3 heteroatoms. The van der Waals surface area contributed by atoms with Crippen molar-refractivity contribution >= 4 is 16.8 Å². The molecule has 0 N–H and O–H groups in total. The standard InChI is InChI=1S/C6H7ClO2/c7-6(8)5-1-3-9-4-2-5/h1,3,5H,2,4H2. The van der Waals surface area contributed by atoms with Gasteiger partial charge in [-0.3, -0.25) is 4.79 Å². The van der Waals surface area contributed by atoms with Crippen molar-refractivity contribution < 1.29 is 9.53 Å². The summed E-state index contributed by atoms with van der Waals surface area (Å²) in [6.07, 6.45) is 3.91. The van der Waals surface area contributed by atoms with Gasteiger partial charge in [0.2, 0.25) is 5.24 Å². The predicted molar refractivity (Wildman–Crippen MR) is 34.1 cm³/mol. The highest BCUT2D eigenvalue weighted by atomic mass is 35.5. The molecule has 1 unspecified atom stereocenters. The van der Waals surface area contributed by atoms with Crippen LogP contribution in [0.2, 0.25) is 0 Å². The van der Waals surface area contributed by atoms with Crippen LogP contribution in [0.3, 0.4) is 0 Å². The average molecular weight is 147 g/mol. The maximum absolute atomic E-state index is 10.5. The fourth-order valence-corrected chi connectivity index (χ4v) is 0.881. The normalized spacial score (nSPS) is 25.2. The SMILES string of the molecule is O=C(Cl)C1C=COCC1. The molecule has 1 heterocycles. The van der Waals surface area contributed by atoms with Gasteiger partial charge in [-0.1, -0.05) is 0 Å². The molecular formula is C6H7ClO2. The van der Waals surface area contributed by atoms with Gasteiger partial charge in [0.1, 0.15) is 0 Å². The fourth-order valence-electron chi connectivity index (χ4n) is 0.699. The lowest BCUT2D eigenvalue weighted by molar-refractivity contribution is -0.114. The van der Waals surface area contributed by atoms with Crippen LogP contribution in [-0.4, -0.2) is 11.8 Å². The molecule has 0 fully saturated rings. The van der Waals surface area contributed by atoms with E-state index in [2.05, 4.69) is 0 Å². The van der Waals surface area contributed by atoms with Crippen molar-refractivity contribution in [3.63, 3.8) is 0 Å². The number of ether oxygens (including phenoxy) is 1. The Labute approximate surface area is 58.4 Å². The predicted octanol–water partition coefficient (Wildman–Crippen LogP) is 1.30. The third-order valence-electron chi connectivity index (χ3n) is 1.25. The largest absolute Gasteiger partial charge is 0.501 e. The quantitative estimate of drug-likeness (QED) is 0.522. The third-order valence-corrected chi connectivity index (χ3v) is 1.53. The molecular weight excluding hydrogens is 140 g/mol. The minimum Gasteiger partial charge on any atom is -0.501 e. The van der Waals surface area contributed by atoms with Gasteiger partial charge in [-0.15, -0.1) is 0 Å². The Balaban J connectivity index is 2.50. The Morgan fingerprint density at radius 1 is 1.78 bits per heavy atom. The van der Waals surface area contributed by atoms with Crippen LogP contribution in [0, 0.1) is 5.92 Å². The minimum absolute atomic E-state index is 0.125. The van der Waals surface area contributed by atoms with Gasteiger partial charge < -0.3 is 4.74 Å². The number of rotatable bonds is 1. The second-order valence-electron chi connectivity index (χ2n) is 1.90. The Morgan fingerprint density at radius 2 is 2.56 bits per heavy atom. The first-order valence-electron chi connectivity index (χ1n) is 2.78. The highest BCUT2D eigenvalue weighted by Gasteiger charge is 2.14. The lowest BCUT2D eigenvalue weighted by Crippen LogP contribution is -2.11. The summed E-state index contributed by atoms with van der Waals surface area (Å²) in [5.41, 5.74) is 0. The van der Waals surface area contributed by atoms with Gasteiger partial charge in [0, 0.05) is 0 Å². The molecule has 0 amide bonds. The molecule has 1 rings (SSSR count). The molecule has 0 saturated heterocycles. The third kappa shape index (κ3) is 1.72. The van der Waals surface area contributed by atoms with Gasteiger partial charge >= 0.3 is 0 Å². The molecule has 1 aliphatic heterocycles. The zero-order valence-electron chi connectivity index (χ0n) is 4.84. The van der Waals surface area contributed by atoms with Crippen LogP contribution in [0.4, 0.5) is 0 Å². The van der Waals surface area contributed by atoms with E-state index in [-0.39, 0.29) is 11.2 Å². The molecule has 0 radical (unpaired) electrons. The van der Waals surface area contributed by atoms with E-state index in [1.54, 1.807) is 6.08 Å². The van der Waals surface area contributed by atoms with Crippen LogP contribution in [0.25, 0.3) is 0 Å². The van der Waals surface area contributed by atoms with E-state index in [0.29, 0.717) is 13.0 Å². The summed E-state index contributed by atoms with van der Waals surface area (Å²) in [5.74, 6) is -0.125. The summed E-state index contributed by atoms with van der Waals surface area (Å²) in [5, 5.41) is -0.297. The van der Waals surface area contributed by atoms with Crippen LogP contribution in [0.1, 0.15) is 6.42 Å². The van der Waals surface area contributed by atoms with Crippen LogP contribution in [0.5, 0.6) is 0 Å². The van der Waals surface area contributed by atoms with E-state index in [9.17, 15) is 4.79 Å². The van der Waals surface area contributed by atoms with E-state index < -0.39 is 0 Å². The average Bonchev–Trinajstić information content (AvgIpc) is 1.90. The van der Waals surface area contributed by atoms with Crippen molar-refractivity contribution in [2.24, 2.45) is 5.92 Å².